The smallest absolute Gasteiger partial charge is 0.274 e. The number of anilines is 2. The molecule has 0 radical (unpaired) electrons. The molecule has 3 aromatic rings. The lowest BCUT2D eigenvalue weighted by Gasteiger charge is -2.08. The summed E-state index contributed by atoms with van der Waals surface area (Å²) < 4.78 is 0. The van der Waals surface area contributed by atoms with Crippen molar-refractivity contribution >= 4 is 28.2 Å². The summed E-state index contributed by atoms with van der Waals surface area (Å²) in [6.45, 7) is 0. The Kier molecular flexibility index (Phi) is 3.47. The molecule has 0 atom stereocenters. The van der Waals surface area contributed by atoms with Gasteiger partial charge in [-0.05, 0) is 24.3 Å². The van der Waals surface area contributed by atoms with Crippen LogP contribution in [0.2, 0.25) is 0 Å². The van der Waals surface area contributed by atoms with E-state index in [-0.39, 0.29) is 5.91 Å². The maximum Gasteiger partial charge on any atom is 0.274 e. The molecule has 21 heavy (non-hydrogen) atoms. The standard InChI is InChI=1S/C16H14N4O/c1-17-15-7-3-6-14(19-15)16(21)20-13-5-2-4-11-10-18-9-8-12(11)13/h2-10H,1H3,(H,17,19)(H,20,21). The molecule has 0 aliphatic heterocycles. The molecule has 5 nitrogen and oxygen atoms in total. The van der Waals surface area contributed by atoms with Crippen molar-refractivity contribution in [2.75, 3.05) is 17.7 Å². The van der Waals surface area contributed by atoms with Crippen LogP contribution in [0.3, 0.4) is 0 Å². The van der Waals surface area contributed by atoms with Gasteiger partial charge in [0.2, 0.25) is 0 Å². The van der Waals surface area contributed by atoms with Crippen LogP contribution in [0, 0.1) is 0 Å². The van der Waals surface area contributed by atoms with Crippen LogP contribution < -0.4 is 10.6 Å². The number of hydrogen-bond donors (Lipinski definition) is 2. The van der Waals surface area contributed by atoms with E-state index in [2.05, 4.69) is 20.6 Å². The van der Waals surface area contributed by atoms with Crippen LogP contribution in [0.25, 0.3) is 10.8 Å². The summed E-state index contributed by atoms with van der Waals surface area (Å²) in [6.07, 6.45) is 3.47. The SMILES string of the molecule is CNc1cccc(C(=O)Nc2cccc3cnccc23)n1. The number of rotatable bonds is 3. The van der Waals surface area contributed by atoms with Crippen molar-refractivity contribution in [1.29, 1.82) is 0 Å². The first kappa shape index (κ1) is 13.1. The van der Waals surface area contributed by atoms with Crippen molar-refractivity contribution in [3.05, 3.63) is 60.6 Å². The van der Waals surface area contributed by atoms with Gasteiger partial charge >= 0.3 is 0 Å². The van der Waals surface area contributed by atoms with E-state index in [4.69, 9.17) is 0 Å². The second kappa shape index (κ2) is 5.58. The highest BCUT2D eigenvalue weighted by Gasteiger charge is 2.10. The van der Waals surface area contributed by atoms with Crippen LogP contribution in [0.4, 0.5) is 11.5 Å². The number of benzene rings is 1. The molecule has 104 valence electrons. The summed E-state index contributed by atoms with van der Waals surface area (Å²) in [4.78, 5) is 20.6. The Balaban J connectivity index is 1.93. The summed E-state index contributed by atoms with van der Waals surface area (Å²) in [5, 5.41) is 7.74. The number of carbonyl (C=O) groups is 1. The number of amides is 1. The van der Waals surface area contributed by atoms with E-state index in [0.717, 1.165) is 16.5 Å². The van der Waals surface area contributed by atoms with Crippen LogP contribution in [0.15, 0.2) is 54.9 Å². The van der Waals surface area contributed by atoms with Crippen LogP contribution in [-0.4, -0.2) is 22.9 Å². The van der Waals surface area contributed by atoms with Crippen LogP contribution in [0.1, 0.15) is 10.5 Å². The van der Waals surface area contributed by atoms with Gasteiger partial charge in [0.15, 0.2) is 0 Å². The highest BCUT2D eigenvalue weighted by molar-refractivity contribution is 6.08. The van der Waals surface area contributed by atoms with Gasteiger partial charge in [-0.2, -0.15) is 0 Å². The van der Waals surface area contributed by atoms with Crippen LogP contribution in [-0.2, 0) is 0 Å². The molecule has 2 N–H and O–H groups in total. The molecule has 0 saturated heterocycles. The van der Waals surface area contributed by atoms with Gasteiger partial charge in [0.05, 0.1) is 0 Å². The van der Waals surface area contributed by atoms with Crippen LogP contribution >= 0.6 is 0 Å². The maximum absolute atomic E-state index is 12.3. The molecule has 0 bridgehead atoms. The zero-order valence-corrected chi connectivity index (χ0v) is 11.5. The number of carbonyl (C=O) groups excluding carboxylic acids is 1. The first-order chi connectivity index (χ1) is 10.3. The van der Waals surface area contributed by atoms with Crippen molar-refractivity contribution in [2.24, 2.45) is 0 Å². The normalized spacial score (nSPS) is 10.3. The number of hydrogen-bond acceptors (Lipinski definition) is 4. The fraction of sp³-hybridized carbons (Fsp3) is 0.0625. The second-order valence-electron chi connectivity index (χ2n) is 4.51. The number of nitrogens with zero attached hydrogens (tertiary/aromatic N) is 2. The van der Waals surface area contributed by atoms with E-state index in [0.29, 0.717) is 11.5 Å². The van der Waals surface area contributed by atoms with E-state index in [1.54, 1.807) is 37.6 Å². The number of nitrogens with one attached hydrogen (secondary N) is 2. The average Bonchev–Trinajstić information content (AvgIpc) is 2.55. The molecular formula is C16H14N4O. The summed E-state index contributed by atoms with van der Waals surface area (Å²) in [5.74, 6) is 0.418. The maximum atomic E-state index is 12.3. The highest BCUT2D eigenvalue weighted by Crippen LogP contribution is 2.22. The molecule has 0 unspecified atom stereocenters. The van der Waals surface area contributed by atoms with E-state index < -0.39 is 0 Å². The van der Waals surface area contributed by atoms with E-state index in [1.807, 2.05) is 24.3 Å². The fourth-order valence-corrected chi connectivity index (χ4v) is 2.12. The Bertz CT molecular complexity index is 796. The first-order valence-corrected chi connectivity index (χ1v) is 6.57. The molecule has 1 aromatic carbocycles. The highest BCUT2D eigenvalue weighted by atomic mass is 16.1. The summed E-state index contributed by atoms with van der Waals surface area (Å²) in [7, 11) is 1.77. The van der Waals surface area contributed by atoms with Crippen LogP contribution in [0.5, 0.6) is 0 Å². The molecule has 2 heterocycles. The predicted octanol–water partition coefficient (Wildman–Crippen LogP) is 2.92. The minimum absolute atomic E-state index is 0.239. The quantitative estimate of drug-likeness (QED) is 0.773. The fourth-order valence-electron chi connectivity index (χ4n) is 2.12. The molecule has 0 fully saturated rings. The summed E-state index contributed by atoms with van der Waals surface area (Å²) >= 11 is 0. The third-order valence-corrected chi connectivity index (χ3v) is 3.17. The lowest BCUT2D eigenvalue weighted by atomic mass is 10.1. The van der Waals surface area contributed by atoms with Crippen molar-refractivity contribution in [3.63, 3.8) is 0 Å². The largest absolute Gasteiger partial charge is 0.373 e. The predicted molar refractivity (Wildman–Crippen MR) is 83.5 cm³/mol. The zero-order chi connectivity index (χ0) is 14.7. The lowest BCUT2D eigenvalue weighted by molar-refractivity contribution is 0.102. The van der Waals surface area contributed by atoms with E-state index >= 15 is 0 Å². The Hall–Kier alpha value is -2.95. The average molecular weight is 278 g/mol. The van der Waals surface area contributed by atoms with E-state index in [9.17, 15) is 4.79 Å². The molecule has 2 aromatic heterocycles. The first-order valence-electron chi connectivity index (χ1n) is 6.57. The monoisotopic (exact) mass is 278 g/mol. The molecular weight excluding hydrogens is 264 g/mol. The summed E-state index contributed by atoms with van der Waals surface area (Å²) in [5.41, 5.74) is 1.12. The third-order valence-electron chi connectivity index (χ3n) is 3.17. The van der Waals surface area contributed by atoms with Gasteiger partial charge < -0.3 is 10.6 Å². The number of fused-ring (bicyclic) bond motifs is 1. The molecule has 0 aliphatic rings. The summed E-state index contributed by atoms with van der Waals surface area (Å²) in [6, 6.07) is 12.9. The van der Waals surface area contributed by atoms with Gasteiger partial charge in [-0.25, -0.2) is 4.98 Å². The van der Waals surface area contributed by atoms with Gasteiger partial charge in [-0.1, -0.05) is 18.2 Å². The van der Waals surface area contributed by atoms with Gasteiger partial charge in [0.25, 0.3) is 5.91 Å². The van der Waals surface area contributed by atoms with Crippen molar-refractivity contribution in [1.82, 2.24) is 9.97 Å². The lowest BCUT2D eigenvalue weighted by Crippen LogP contribution is -2.14. The molecule has 3 rings (SSSR count). The Morgan fingerprint density at radius 1 is 1.10 bits per heavy atom. The molecule has 0 spiro atoms. The van der Waals surface area contributed by atoms with Crippen molar-refractivity contribution in [2.45, 2.75) is 0 Å². The van der Waals surface area contributed by atoms with Crippen molar-refractivity contribution in [3.8, 4) is 0 Å². The van der Waals surface area contributed by atoms with E-state index in [1.165, 1.54) is 0 Å². The Labute approximate surface area is 122 Å². The number of pyridine rings is 2. The van der Waals surface area contributed by atoms with Gasteiger partial charge in [-0.3, -0.25) is 9.78 Å². The Morgan fingerprint density at radius 2 is 1.95 bits per heavy atom. The Morgan fingerprint density at radius 3 is 2.81 bits per heavy atom. The molecule has 5 heteroatoms. The third kappa shape index (κ3) is 2.67. The van der Waals surface area contributed by atoms with Gasteiger partial charge in [0.1, 0.15) is 11.5 Å². The van der Waals surface area contributed by atoms with Crippen molar-refractivity contribution < 1.29 is 4.79 Å². The minimum Gasteiger partial charge on any atom is -0.373 e. The molecule has 1 amide bonds. The second-order valence-corrected chi connectivity index (χ2v) is 4.51. The number of aromatic nitrogens is 2. The molecule has 0 aliphatic carbocycles. The van der Waals surface area contributed by atoms with Gasteiger partial charge in [-0.15, -0.1) is 0 Å². The zero-order valence-electron chi connectivity index (χ0n) is 11.5. The topological polar surface area (TPSA) is 66.9 Å². The molecule has 0 saturated carbocycles. The minimum atomic E-state index is -0.239. The van der Waals surface area contributed by atoms with Gasteiger partial charge in [0, 0.05) is 35.9 Å².